The van der Waals surface area contributed by atoms with Crippen molar-refractivity contribution in [3.8, 4) is 0 Å². The number of aryl methyl sites for hydroxylation is 2. The number of nitrogens with zero attached hydrogens (tertiary/aromatic N) is 2. The molecule has 1 aromatic carbocycles. The molecule has 0 amide bonds. The van der Waals surface area contributed by atoms with Gasteiger partial charge in [-0.15, -0.1) is 0 Å². The number of nitrogens with one attached hydrogen (secondary N) is 2. The van der Waals surface area contributed by atoms with Crippen molar-refractivity contribution in [3.63, 3.8) is 0 Å². The first-order valence-corrected chi connectivity index (χ1v) is 10.4. The number of hydrogen-bond donors (Lipinski definition) is 2. The van der Waals surface area contributed by atoms with Crippen LogP contribution >= 0.6 is 0 Å². The minimum Gasteiger partial charge on any atom is -0.341 e. The van der Waals surface area contributed by atoms with Gasteiger partial charge in [-0.25, -0.2) is 4.98 Å². The number of aromatic nitrogens is 2. The lowest BCUT2D eigenvalue weighted by molar-refractivity contribution is -0.473. The van der Waals surface area contributed by atoms with E-state index in [0.717, 1.165) is 54.0 Å². The van der Waals surface area contributed by atoms with E-state index in [1.165, 1.54) is 18.4 Å². The summed E-state index contributed by atoms with van der Waals surface area (Å²) in [6.07, 6.45) is 14.8. The first-order chi connectivity index (χ1) is 13.7. The molecule has 1 aliphatic rings. The number of piperidine rings is 1. The van der Waals surface area contributed by atoms with Gasteiger partial charge in [-0.2, -0.15) is 4.58 Å². The lowest BCUT2D eigenvalue weighted by Crippen LogP contribution is -2.40. The van der Waals surface area contributed by atoms with Crippen molar-refractivity contribution < 1.29 is 4.58 Å². The molecule has 0 saturated carbocycles. The van der Waals surface area contributed by atoms with E-state index in [-0.39, 0.29) is 0 Å². The Bertz CT molecular complexity index is 908. The van der Waals surface area contributed by atoms with Crippen LogP contribution in [0.4, 0.5) is 0 Å². The lowest BCUT2D eigenvalue weighted by atomic mass is 10.0. The number of H-pyrrole nitrogens is 1. The second-order valence-corrected chi connectivity index (χ2v) is 7.44. The molecule has 4 heteroatoms. The van der Waals surface area contributed by atoms with Crippen molar-refractivity contribution in [3.05, 3.63) is 60.0 Å². The summed E-state index contributed by atoms with van der Waals surface area (Å²) in [7, 11) is 0. The number of imidazole rings is 1. The molecule has 1 unspecified atom stereocenters. The fraction of sp³-hybridized carbons (Fsp3) is 0.417. The molecule has 1 atom stereocenters. The molecule has 3 rings (SSSR count). The predicted octanol–water partition coefficient (Wildman–Crippen LogP) is 4.76. The standard InChI is InChI=1S/C24H33N4/c1-5-7-8-9-10-13-22-26-23-18(3)14-15-21(24(23)27-22)19(4)28(6-2)20-12-11-16-25-17-20/h5-9,14-15,20,25H,4,10-13,16-17H2,1-3H3,(H,26,27)/q+1. The van der Waals surface area contributed by atoms with E-state index in [9.17, 15) is 0 Å². The van der Waals surface area contributed by atoms with Gasteiger partial charge in [-0.3, -0.25) is 0 Å². The highest BCUT2D eigenvalue weighted by molar-refractivity contribution is 5.89. The van der Waals surface area contributed by atoms with Crippen LogP contribution in [-0.2, 0) is 6.42 Å². The fourth-order valence-electron chi connectivity index (χ4n) is 3.93. The van der Waals surface area contributed by atoms with Crippen LogP contribution in [0.25, 0.3) is 16.7 Å². The highest BCUT2D eigenvalue weighted by Crippen LogP contribution is 2.27. The van der Waals surface area contributed by atoms with Gasteiger partial charge in [0, 0.05) is 19.8 Å². The smallest absolute Gasteiger partial charge is 0.207 e. The third kappa shape index (κ3) is 4.50. The molecular formula is C24H33N4+. The highest BCUT2D eigenvalue weighted by Gasteiger charge is 2.27. The van der Waals surface area contributed by atoms with Crippen molar-refractivity contribution in [2.24, 2.45) is 0 Å². The van der Waals surface area contributed by atoms with Gasteiger partial charge in [0.15, 0.2) is 6.04 Å². The van der Waals surface area contributed by atoms with Crippen molar-refractivity contribution >= 4 is 22.9 Å². The van der Waals surface area contributed by atoms with Gasteiger partial charge in [0.1, 0.15) is 12.0 Å². The van der Waals surface area contributed by atoms with Crippen LogP contribution in [0.1, 0.15) is 50.1 Å². The van der Waals surface area contributed by atoms with Crippen LogP contribution in [0.2, 0.25) is 0 Å². The van der Waals surface area contributed by atoms with E-state index in [1.54, 1.807) is 0 Å². The molecule has 1 aromatic heterocycles. The van der Waals surface area contributed by atoms with Crippen molar-refractivity contribution in [1.82, 2.24) is 15.3 Å². The predicted molar refractivity (Wildman–Crippen MR) is 120 cm³/mol. The van der Waals surface area contributed by atoms with Crippen molar-refractivity contribution in [2.45, 2.75) is 52.5 Å². The lowest BCUT2D eigenvalue weighted by Gasteiger charge is -2.22. The molecular weight excluding hydrogens is 344 g/mol. The Kier molecular flexibility index (Phi) is 6.99. The number of hydrogen-bond acceptors (Lipinski definition) is 2. The molecule has 2 N–H and O–H groups in total. The summed E-state index contributed by atoms with van der Waals surface area (Å²) in [5.74, 6) is 1.04. The van der Waals surface area contributed by atoms with Crippen molar-refractivity contribution in [2.75, 3.05) is 13.1 Å². The minimum atomic E-state index is 0.460. The molecule has 148 valence electrons. The molecule has 4 nitrogen and oxygen atoms in total. The average molecular weight is 378 g/mol. The number of rotatable bonds is 7. The molecule has 1 fully saturated rings. The van der Waals surface area contributed by atoms with E-state index in [2.05, 4.69) is 71.9 Å². The molecule has 2 heterocycles. The van der Waals surface area contributed by atoms with Crippen LogP contribution in [0, 0.1) is 6.92 Å². The van der Waals surface area contributed by atoms with Gasteiger partial charge in [0.2, 0.25) is 5.70 Å². The quantitative estimate of drug-likeness (QED) is 0.415. The Hall–Kier alpha value is -2.46. The molecule has 0 radical (unpaired) electrons. The van der Waals surface area contributed by atoms with Gasteiger partial charge < -0.3 is 10.3 Å². The van der Waals surface area contributed by atoms with E-state index < -0.39 is 0 Å². The number of aromatic amines is 1. The van der Waals surface area contributed by atoms with Crippen LogP contribution in [0.15, 0.2) is 43.0 Å². The average Bonchev–Trinajstić information content (AvgIpc) is 3.14. The zero-order chi connectivity index (χ0) is 19.9. The van der Waals surface area contributed by atoms with Crippen molar-refractivity contribution in [1.29, 1.82) is 0 Å². The fourth-order valence-corrected chi connectivity index (χ4v) is 3.93. The molecule has 28 heavy (non-hydrogen) atoms. The Morgan fingerprint density at radius 3 is 2.89 bits per heavy atom. The number of benzene rings is 1. The number of fused-ring (bicyclic) bond motifs is 1. The summed E-state index contributed by atoms with van der Waals surface area (Å²) in [5.41, 5.74) is 5.55. The van der Waals surface area contributed by atoms with E-state index in [1.807, 2.05) is 13.0 Å². The van der Waals surface area contributed by atoms with Gasteiger partial charge in [-0.1, -0.05) is 30.4 Å². The zero-order valence-electron chi connectivity index (χ0n) is 17.5. The molecule has 0 spiro atoms. The second kappa shape index (κ2) is 9.65. The Labute approximate surface area is 168 Å². The minimum absolute atomic E-state index is 0.460. The largest absolute Gasteiger partial charge is 0.341 e. The molecule has 1 aliphatic heterocycles. The maximum Gasteiger partial charge on any atom is 0.207 e. The normalized spacial score (nSPS) is 18.5. The first kappa shape index (κ1) is 20.3. The third-order valence-electron chi connectivity index (χ3n) is 5.45. The van der Waals surface area contributed by atoms with Gasteiger partial charge in [0.25, 0.3) is 0 Å². The Morgan fingerprint density at radius 2 is 2.18 bits per heavy atom. The maximum atomic E-state index is 4.88. The molecule has 0 bridgehead atoms. The Balaban J connectivity index is 1.88. The highest BCUT2D eigenvalue weighted by atomic mass is 15.1. The summed E-state index contributed by atoms with van der Waals surface area (Å²) in [6, 6.07) is 4.80. The van der Waals surface area contributed by atoms with Crippen LogP contribution in [-0.4, -0.2) is 39.9 Å². The van der Waals surface area contributed by atoms with Crippen LogP contribution < -0.4 is 5.32 Å². The third-order valence-corrected chi connectivity index (χ3v) is 5.45. The summed E-state index contributed by atoms with van der Waals surface area (Å²) in [5, 5.41) is 3.51. The van der Waals surface area contributed by atoms with Gasteiger partial charge >= 0.3 is 0 Å². The zero-order valence-corrected chi connectivity index (χ0v) is 17.5. The molecule has 2 aromatic rings. The summed E-state index contributed by atoms with van der Waals surface area (Å²) >= 11 is 0. The topological polar surface area (TPSA) is 43.7 Å². The Morgan fingerprint density at radius 1 is 1.32 bits per heavy atom. The van der Waals surface area contributed by atoms with E-state index in [4.69, 9.17) is 4.98 Å². The maximum absolute atomic E-state index is 4.88. The van der Waals surface area contributed by atoms with Crippen LogP contribution in [0.5, 0.6) is 0 Å². The number of allylic oxidation sites excluding steroid dienone is 4. The van der Waals surface area contributed by atoms with Gasteiger partial charge in [-0.05, 0) is 51.4 Å². The first-order valence-electron chi connectivity index (χ1n) is 10.4. The SMILES string of the molecule is C=C(c1ccc(C)c2nc(CCC=CC=CC)[nH]c12)[N+](=CC)C1CCCNC1. The van der Waals surface area contributed by atoms with E-state index >= 15 is 0 Å². The molecule has 1 saturated heterocycles. The van der Waals surface area contributed by atoms with Gasteiger partial charge in [0.05, 0.1) is 23.1 Å². The van der Waals surface area contributed by atoms with Crippen LogP contribution in [0.3, 0.4) is 0 Å². The summed E-state index contributed by atoms with van der Waals surface area (Å²) in [6.45, 7) is 12.8. The second-order valence-electron chi connectivity index (χ2n) is 7.44. The van der Waals surface area contributed by atoms with E-state index in [0.29, 0.717) is 6.04 Å². The summed E-state index contributed by atoms with van der Waals surface area (Å²) in [4.78, 5) is 8.46. The monoisotopic (exact) mass is 377 g/mol. The summed E-state index contributed by atoms with van der Waals surface area (Å²) < 4.78 is 2.33. The molecule has 0 aliphatic carbocycles.